The first-order valence-electron chi connectivity index (χ1n) is 7.96. The minimum Gasteiger partial charge on any atom is -0.354 e. The molecule has 0 bridgehead atoms. The van der Waals surface area contributed by atoms with Crippen LogP contribution in [-0.4, -0.2) is 49.4 Å². The molecule has 1 aliphatic rings. The number of likely N-dealkylation sites (N-methyl/N-ethyl adjacent to an activating group) is 1. The summed E-state index contributed by atoms with van der Waals surface area (Å²) in [5.41, 5.74) is 0.928. The van der Waals surface area contributed by atoms with Crippen LogP contribution in [0.3, 0.4) is 0 Å². The van der Waals surface area contributed by atoms with Gasteiger partial charge in [-0.3, -0.25) is 14.5 Å². The number of carbonyl (C=O) groups excluding carboxylic acids is 2. The number of nitrogens with one attached hydrogen (secondary N) is 1. The molecule has 3 rings (SSSR count). The standard InChI is InChI=1S/C18H21N3O2/c1-2-21(18(23)13-20-11-10-19-17(22)12-20)16-9-5-7-14-6-3-4-8-15(14)16/h3-9H,2,10-13H2,1H3,(H,19,22). The fourth-order valence-corrected chi connectivity index (χ4v) is 3.03. The highest BCUT2D eigenvalue weighted by Gasteiger charge is 2.22. The van der Waals surface area contributed by atoms with Crippen LogP contribution in [0.4, 0.5) is 5.69 Å². The molecule has 1 N–H and O–H groups in total. The van der Waals surface area contributed by atoms with Crippen LogP contribution < -0.4 is 10.2 Å². The summed E-state index contributed by atoms with van der Waals surface area (Å²) < 4.78 is 0. The number of carbonyl (C=O) groups is 2. The molecule has 0 aliphatic carbocycles. The molecule has 0 radical (unpaired) electrons. The summed E-state index contributed by atoms with van der Waals surface area (Å²) in [4.78, 5) is 27.9. The maximum absolute atomic E-state index is 12.7. The molecule has 0 spiro atoms. The summed E-state index contributed by atoms with van der Waals surface area (Å²) in [6.45, 7) is 4.45. The van der Waals surface area contributed by atoms with Crippen molar-refractivity contribution in [2.75, 3.05) is 37.6 Å². The first-order chi connectivity index (χ1) is 11.2. The Balaban J connectivity index is 1.83. The molecule has 2 amide bonds. The number of rotatable bonds is 4. The quantitative estimate of drug-likeness (QED) is 0.933. The first-order valence-corrected chi connectivity index (χ1v) is 7.96. The number of nitrogens with zero attached hydrogens (tertiary/aromatic N) is 2. The normalized spacial score (nSPS) is 15.4. The Hall–Kier alpha value is -2.40. The lowest BCUT2D eigenvalue weighted by atomic mass is 10.1. The van der Waals surface area contributed by atoms with Gasteiger partial charge >= 0.3 is 0 Å². The van der Waals surface area contributed by atoms with E-state index < -0.39 is 0 Å². The summed E-state index contributed by atoms with van der Waals surface area (Å²) in [5.74, 6) is 0.0100. The highest BCUT2D eigenvalue weighted by Crippen LogP contribution is 2.26. The Morgan fingerprint density at radius 1 is 1.22 bits per heavy atom. The lowest BCUT2D eigenvalue weighted by molar-refractivity contribution is -0.126. The Morgan fingerprint density at radius 3 is 2.78 bits per heavy atom. The van der Waals surface area contributed by atoms with E-state index in [1.807, 2.05) is 54.3 Å². The first kappa shape index (κ1) is 15.5. The van der Waals surface area contributed by atoms with E-state index in [1.165, 1.54) is 0 Å². The van der Waals surface area contributed by atoms with Gasteiger partial charge in [0.1, 0.15) is 0 Å². The third-order valence-electron chi connectivity index (χ3n) is 4.15. The van der Waals surface area contributed by atoms with E-state index >= 15 is 0 Å². The van der Waals surface area contributed by atoms with Crippen molar-refractivity contribution in [2.45, 2.75) is 6.92 Å². The molecule has 2 aromatic carbocycles. The SMILES string of the molecule is CCN(C(=O)CN1CCNC(=O)C1)c1cccc2ccccc12. The van der Waals surface area contributed by atoms with Crippen LogP contribution in [0.5, 0.6) is 0 Å². The molecule has 23 heavy (non-hydrogen) atoms. The summed E-state index contributed by atoms with van der Waals surface area (Å²) in [7, 11) is 0. The number of fused-ring (bicyclic) bond motifs is 1. The molecule has 5 nitrogen and oxygen atoms in total. The van der Waals surface area contributed by atoms with Crippen LogP contribution in [0.15, 0.2) is 42.5 Å². The predicted molar refractivity (Wildman–Crippen MR) is 91.4 cm³/mol. The van der Waals surface area contributed by atoms with Gasteiger partial charge in [-0.15, -0.1) is 0 Å². The van der Waals surface area contributed by atoms with Crippen molar-refractivity contribution in [1.82, 2.24) is 10.2 Å². The van der Waals surface area contributed by atoms with Gasteiger partial charge in [-0.05, 0) is 18.4 Å². The Kier molecular flexibility index (Phi) is 4.57. The topological polar surface area (TPSA) is 52.7 Å². The fourth-order valence-electron chi connectivity index (χ4n) is 3.03. The minimum atomic E-state index is -0.0164. The van der Waals surface area contributed by atoms with E-state index in [9.17, 15) is 9.59 Å². The molecule has 0 unspecified atom stereocenters. The van der Waals surface area contributed by atoms with E-state index in [1.54, 1.807) is 4.90 Å². The Bertz CT molecular complexity index is 724. The second kappa shape index (κ2) is 6.79. The molecule has 1 saturated heterocycles. The molecular formula is C18H21N3O2. The van der Waals surface area contributed by atoms with Gasteiger partial charge in [-0.2, -0.15) is 0 Å². The van der Waals surface area contributed by atoms with Gasteiger partial charge in [0.25, 0.3) is 0 Å². The van der Waals surface area contributed by atoms with E-state index in [0.717, 1.165) is 16.5 Å². The van der Waals surface area contributed by atoms with Crippen LogP contribution in [0.2, 0.25) is 0 Å². The lowest BCUT2D eigenvalue weighted by Gasteiger charge is -2.29. The number of amides is 2. The van der Waals surface area contributed by atoms with Crippen LogP contribution >= 0.6 is 0 Å². The van der Waals surface area contributed by atoms with Crippen molar-refractivity contribution in [1.29, 1.82) is 0 Å². The fraction of sp³-hybridized carbons (Fsp3) is 0.333. The molecular weight excluding hydrogens is 290 g/mol. The maximum Gasteiger partial charge on any atom is 0.241 e. The third-order valence-corrected chi connectivity index (χ3v) is 4.15. The minimum absolute atomic E-state index is 0.0164. The maximum atomic E-state index is 12.7. The average molecular weight is 311 g/mol. The molecule has 0 aromatic heterocycles. The third kappa shape index (κ3) is 3.35. The largest absolute Gasteiger partial charge is 0.354 e. The summed E-state index contributed by atoms with van der Waals surface area (Å²) in [6.07, 6.45) is 0. The predicted octanol–water partition coefficient (Wildman–Crippen LogP) is 1.62. The number of hydrogen-bond acceptors (Lipinski definition) is 3. The molecule has 1 aliphatic heterocycles. The Labute approximate surface area is 135 Å². The van der Waals surface area contributed by atoms with Gasteiger partial charge in [0.15, 0.2) is 0 Å². The molecule has 1 fully saturated rings. The number of benzene rings is 2. The second-order valence-electron chi connectivity index (χ2n) is 5.70. The van der Waals surface area contributed by atoms with E-state index in [0.29, 0.717) is 26.2 Å². The molecule has 0 atom stereocenters. The van der Waals surface area contributed by atoms with Crippen LogP contribution in [-0.2, 0) is 9.59 Å². The van der Waals surface area contributed by atoms with Gasteiger partial charge in [0.2, 0.25) is 11.8 Å². The van der Waals surface area contributed by atoms with Crippen LogP contribution in [0.1, 0.15) is 6.92 Å². The second-order valence-corrected chi connectivity index (χ2v) is 5.70. The number of anilines is 1. The zero-order chi connectivity index (χ0) is 16.2. The lowest BCUT2D eigenvalue weighted by Crippen LogP contribution is -2.51. The number of piperazine rings is 1. The molecule has 0 saturated carbocycles. The van der Waals surface area contributed by atoms with Crippen molar-refractivity contribution in [3.05, 3.63) is 42.5 Å². The van der Waals surface area contributed by atoms with Crippen molar-refractivity contribution < 1.29 is 9.59 Å². The summed E-state index contributed by atoms with van der Waals surface area (Å²) in [5, 5.41) is 4.97. The highest BCUT2D eigenvalue weighted by atomic mass is 16.2. The van der Waals surface area contributed by atoms with Crippen LogP contribution in [0.25, 0.3) is 10.8 Å². The number of hydrogen-bond donors (Lipinski definition) is 1. The van der Waals surface area contributed by atoms with Gasteiger partial charge in [-0.1, -0.05) is 36.4 Å². The van der Waals surface area contributed by atoms with Crippen molar-refractivity contribution in [3.63, 3.8) is 0 Å². The monoisotopic (exact) mass is 311 g/mol. The molecule has 5 heteroatoms. The molecule has 2 aromatic rings. The summed E-state index contributed by atoms with van der Waals surface area (Å²) in [6, 6.07) is 14.1. The van der Waals surface area contributed by atoms with E-state index in [2.05, 4.69) is 5.32 Å². The molecule has 120 valence electrons. The Morgan fingerprint density at radius 2 is 2.00 bits per heavy atom. The van der Waals surface area contributed by atoms with Crippen LogP contribution in [0, 0.1) is 0 Å². The zero-order valence-electron chi connectivity index (χ0n) is 13.3. The van der Waals surface area contributed by atoms with Gasteiger partial charge in [-0.25, -0.2) is 0 Å². The van der Waals surface area contributed by atoms with E-state index in [4.69, 9.17) is 0 Å². The van der Waals surface area contributed by atoms with Crippen molar-refractivity contribution in [2.24, 2.45) is 0 Å². The van der Waals surface area contributed by atoms with Crippen molar-refractivity contribution in [3.8, 4) is 0 Å². The highest BCUT2D eigenvalue weighted by molar-refractivity contribution is 6.04. The van der Waals surface area contributed by atoms with Gasteiger partial charge in [0.05, 0.1) is 18.8 Å². The zero-order valence-corrected chi connectivity index (χ0v) is 13.3. The smallest absolute Gasteiger partial charge is 0.241 e. The molecule has 1 heterocycles. The van der Waals surface area contributed by atoms with E-state index in [-0.39, 0.29) is 18.4 Å². The average Bonchev–Trinajstić information content (AvgIpc) is 2.56. The summed E-state index contributed by atoms with van der Waals surface area (Å²) >= 11 is 0. The van der Waals surface area contributed by atoms with Crippen molar-refractivity contribution >= 4 is 28.3 Å². The van der Waals surface area contributed by atoms with Gasteiger partial charge in [0, 0.05) is 25.0 Å². The van der Waals surface area contributed by atoms with Gasteiger partial charge < -0.3 is 10.2 Å².